The van der Waals surface area contributed by atoms with Crippen LogP contribution in [0, 0.1) is 20.8 Å². The lowest BCUT2D eigenvalue weighted by atomic mass is 10.1. The van der Waals surface area contributed by atoms with Crippen LogP contribution in [0.3, 0.4) is 0 Å². The summed E-state index contributed by atoms with van der Waals surface area (Å²) in [6.45, 7) is 10.2. The number of piperazine rings is 1. The predicted molar refractivity (Wildman–Crippen MR) is 119 cm³/mol. The van der Waals surface area contributed by atoms with E-state index < -0.39 is 0 Å². The monoisotopic (exact) mass is 425 g/mol. The number of hydrogen-bond donors (Lipinski definition) is 0. The second kappa shape index (κ2) is 8.74. The number of aromatic nitrogens is 3. The Morgan fingerprint density at radius 1 is 1.10 bits per heavy atom. The molecule has 0 bridgehead atoms. The molecule has 1 amide bonds. The molecule has 30 heavy (non-hydrogen) atoms. The van der Waals surface area contributed by atoms with Crippen LogP contribution in [0.15, 0.2) is 30.3 Å². The summed E-state index contributed by atoms with van der Waals surface area (Å²) in [4.78, 5) is 21.8. The Hall–Kier alpha value is -2.44. The van der Waals surface area contributed by atoms with Crippen molar-refractivity contribution in [1.82, 2.24) is 24.4 Å². The van der Waals surface area contributed by atoms with Gasteiger partial charge in [-0.3, -0.25) is 9.69 Å². The van der Waals surface area contributed by atoms with E-state index in [4.69, 9.17) is 11.6 Å². The van der Waals surface area contributed by atoms with Crippen LogP contribution in [-0.4, -0.2) is 56.5 Å². The Labute approximate surface area is 182 Å². The number of amides is 1. The summed E-state index contributed by atoms with van der Waals surface area (Å²) in [7, 11) is 0. The van der Waals surface area contributed by atoms with Crippen molar-refractivity contribution >= 4 is 23.2 Å². The van der Waals surface area contributed by atoms with E-state index in [1.54, 1.807) is 0 Å². The lowest BCUT2D eigenvalue weighted by Gasteiger charge is -2.35. The van der Waals surface area contributed by atoms with Gasteiger partial charge in [0.25, 0.3) is 0 Å². The average Bonchev–Trinajstić information content (AvgIpc) is 3.08. The first-order chi connectivity index (χ1) is 14.4. The maximum absolute atomic E-state index is 12.8. The molecule has 1 fully saturated rings. The first-order valence-electron chi connectivity index (χ1n) is 10.5. The largest absolute Gasteiger partial charge is 0.340 e. The van der Waals surface area contributed by atoms with Crippen LogP contribution in [0.25, 0.3) is 5.65 Å². The SMILES string of the molecule is Cc1cc2nc(C)c(CCC(=O)N3CCN(Cc4cccc(Cl)c4)CC3)c(C)n2n1. The number of fused-ring (bicyclic) bond motifs is 1. The molecule has 0 spiro atoms. The highest BCUT2D eigenvalue weighted by Crippen LogP contribution is 2.18. The van der Waals surface area contributed by atoms with Crippen molar-refractivity contribution in [2.75, 3.05) is 26.2 Å². The first-order valence-corrected chi connectivity index (χ1v) is 10.9. The number of carbonyl (C=O) groups excluding carboxylic acids is 1. The summed E-state index contributed by atoms with van der Waals surface area (Å²) in [6, 6.07) is 9.97. The molecule has 1 aromatic carbocycles. The Morgan fingerprint density at radius 3 is 2.60 bits per heavy atom. The lowest BCUT2D eigenvalue weighted by molar-refractivity contribution is -0.133. The van der Waals surface area contributed by atoms with Crippen LogP contribution in [-0.2, 0) is 17.8 Å². The van der Waals surface area contributed by atoms with Gasteiger partial charge in [-0.05, 0) is 50.5 Å². The fourth-order valence-electron chi connectivity index (χ4n) is 4.24. The van der Waals surface area contributed by atoms with Gasteiger partial charge in [-0.15, -0.1) is 0 Å². The van der Waals surface area contributed by atoms with Crippen LogP contribution in [0.1, 0.15) is 34.6 Å². The van der Waals surface area contributed by atoms with Gasteiger partial charge in [0.1, 0.15) is 0 Å². The summed E-state index contributed by atoms with van der Waals surface area (Å²) in [6.07, 6.45) is 1.20. The zero-order chi connectivity index (χ0) is 21.3. The zero-order valence-electron chi connectivity index (χ0n) is 17.9. The third kappa shape index (κ3) is 4.50. The number of rotatable bonds is 5. The molecule has 6 nitrogen and oxygen atoms in total. The van der Waals surface area contributed by atoms with E-state index in [2.05, 4.69) is 28.0 Å². The fraction of sp³-hybridized carbons (Fsp3) is 0.435. The zero-order valence-corrected chi connectivity index (χ0v) is 18.6. The van der Waals surface area contributed by atoms with Crippen molar-refractivity contribution in [2.45, 2.75) is 40.2 Å². The molecule has 2 aromatic heterocycles. The van der Waals surface area contributed by atoms with Crippen LogP contribution >= 0.6 is 11.6 Å². The van der Waals surface area contributed by atoms with E-state index in [1.807, 2.05) is 47.5 Å². The van der Waals surface area contributed by atoms with Gasteiger partial charge in [-0.2, -0.15) is 5.10 Å². The minimum atomic E-state index is 0.216. The molecule has 0 radical (unpaired) electrons. The lowest BCUT2D eigenvalue weighted by Crippen LogP contribution is -2.48. The van der Waals surface area contributed by atoms with Gasteiger partial charge in [0.15, 0.2) is 5.65 Å². The van der Waals surface area contributed by atoms with E-state index in [9.17, 15) is 4.79 Å². The quantitative estimate of drug-likeness (QED) is 0.627. The van der Waals surface area contributed by atoms with E-state index in [1.165, 1.54) is 5.56 Å². The van der Waals surface area contributed by atoms with Gasteiger partial charge >= 0.3 is 0 Å². The summed E-state index contributed by atoms with van der Waals surface area (Å²) < 4.78 is 1.89. The molecule has 3 aromatic rings. The molecule has 0 unspecified atom stereocenters. The van der Waals surface area contributed by atoms with E-state index in [0.717, 1.165) is 66.0 Å². The molecule has 1 saturated heterocycles. The van der Waals surface area contributed by atoms with Crippen molar-refractivity contribution in [3.05, 3.63) is 63.6 Å². The second-order valence-corrected chi connectivity index (χ2v) is 8.54. The molecule has 3 heterocycles. The van der Waals surface area contributed by atoms with Crippen molar-refractivity contribution in [2.24, 2.45) is 0 Å². The Bertz CT molecular complexity index is 1070. The molecular formula is C23H28ClN5O. The standard InChI is InChI=1S/C23H28ClN5O/c1-16-13-22-25-17(2)21(18(3)29(22)26-16)7-8-23(30)28-11-9-27(10-12-28)15-19-5-4-6-20(24)14-19/h4-6,13-14H,7-12,15H2,1-3H3. The molecule has 7 heteroatoms. The number of carbonyl (C=O) groups is 1. The molecule has 0 N–H and O–H groups in total. The molecule has 1 aliphatic heterocycles. The maximum atomic E-state index is 12.8. The second-order valence-electron chi connectivity index (χ2n) is 8.10. The number of hydrogen-bond acceptors (Lipinski definition) is 4. The van der Waals surface area contributed by atoms with Crippen molar-refractivity contribution in [1.29, 1.82) is 0 Å². The highest BCUT2D eigenvalue weighted by atomic mass is 35.5. The van der Waals surface area contributed by atoms with Crippen molar-refractivity contribution in [3.8, 4) is 0 Å². The molecule has 0 saturated carbocycles. The van der Waals surface area contributed by atoms with Gasteiger partial charge in [0.05, 0.1) is 5.69 Å². The number of nitrogens with zero attached hydrogens (tertiary/aromatic N) is 5. The molecule has 1 aliphatic rings. The van der Waals surface area contributed by atoms with E-state index in [0.29, 0.717) is 12.8 Å². The van der Waals surface area contributed by atoms with Gasteiger partial charge in [-0.1, -0.05) is 23.7 Å². The number of aryl methyl sites for hydroxylation is 3. The highest BCUT2D eigenvalue weighted by molar-refractivity contribution is 6.30. The minimum Gasteiger partial charge on any atom is -0.340 e. The minimum absolute atomic E-state index is 0.216. The van der Waals surface area contributed by atoms with Crippen molar-refractivity contribution in [3.63, 3.8) is 0 Å². The normalized spacial score (nSPS) is 15.1. The maximum Gasteiger partial charge on any atom is 0.222 e. The van der Waals surface area contributed by atoms with Crippen LogP contribution in [0.5, 0.6) is 0 Å². The summed E-state index contributed by atoms with van der Waals surface area (Å²) in [5, 5.41) is 5.29. The Balaban J connectivity index is 1.33. The van der Waals surface area contributed by atoms with Crippen LogP contribution in [0.2, 0.25) is 5.02 Å². The predicted octanol–water partition coefficient (Wildman–Crippen LogP) is 3.58. The average molecular weight is 426 g/mol. The van der Waals surface area contributed by atoms with E-state index >= 15 is 0 Å². The summed E-state index contributed by atoms with van der Waals surface area (Å²) >= 11 is 6.09. The number of benzene rings is 1. The summed E-state index contributed by atoms with van der Waals surface area (Å²) in [5.74, 6) is 0.216. The van der Waals surface area contributed by atoms with Crippen LogP contribution < -0.4 is 0 Å². The molecule has 158 valence electrons. The Kier molecular flexibility index (Phi) is 6.06. The van der Waals surface area contributed by atoms with Gasteiger partial charge in [-0.25, -0.2) is 9.50 Å². The fourth-order valence-corrected chi connectivity index (χ4v) is 4.45. The smallest absolute Gasteiger partial charge is 0.222 e. The van der Waals surface area contributed by atoms with E-state index in [-0.39, 0.29) is 5.91 Å². The van der Waals surface area contributed by atoms with Crippen LogP contribution in [0.4, 0.5) is 0 Å². The molecule has 0 atom stereocenters. The topological polar surface area (TPSA) is 53.7 Å². The number of halogens is 1. The molecule has 0 aliphatic carbocycles. The summed E-state index contributed by atoms with van der Waals surface area (Å²) in [5.41, 5.74) is 6.22. The third-order valence-electron chi connectivity index (χ3n) is 5.90. The molecule has 4 rings (SSSR count). The van der Waals surface area contributed by atoms with Crippen molar-refractivity contribution < 1.29 is 4.79 Å². The first kappa shape index (κ1) is 20.8. The third-order valence-corrected chi connectivity index (χ3v) is 6.13. The van der Waals surface area contributed by atoms with Gasteiger partial charge in [0, 0.05) is 61.6 Å². The highest BCUT2D eigenvalue weighted by Gasteiger charge is 2.22. The Morgan fingerprint density at radius 2 is 1.87 bits per heavy atom. The van der Waals surface area contributed by atoms with Gasteiger partial charge < -0.3 is 4.90 Å². The molecular weight excluding hydrogens is 398 g/mol. The van der Waals surface area contributed by atoms with Gasteiger partial charge in [0.2, 0.25) is 5.91 Å².